The smallest absolute Gasteiger partial charge is 0.268 e. The first kappa shape index (κ1) is 23.8. The van der Waals surface area contributed by atoms with Crippen molar-refractivity contribution in [2.75, 3.05) is 10.6 Å². The third-order valence-electron chi connectivity index (χ3n) is 6.59. The van der Waals surface area contributed by atoms with Crippen molar-refractivity contribution in [2.24, 2.45) is 5.92 Å². The lowest BCUT2D eigenvalue weighted by Crippen LogP contribution is -2.27. The minimum absolute atomic E-state index is 0.184. The van der Waals surface area contributed by atoms with Crippen LogP contribution in [0.2, 0.25) is 0 Å². The van der Waals surface area contributed by atoms with E-state index in [9.17, 15) is 8.42 Å². The van der Waals surface area contributed by atoms with Crippen LogP contribution in [0.3, 0.4) is 0 Å². The van der Waals surface area contributed by atoms with Gasteiger partial charge < -0.3 is 10.6 Å². The van der Waals surface area contributed by atoms with Crippen molar-refractivity contribution in [3.05, 3.63) is 53.9 Å². The fourth-order valence-corrected chi connectivity index (χ4v) is 5.97. The normalized spacial score (nSPS) is 18.1. The summed E-state index contributed by atoms with van der Waals surface area (Å²) in [6.07, 6.45) is 5.92. The molecule has 0 atom stereocenters. The lowest BCUT2D eigenvalue weighted by Gasteiger charge is -2.28. The number of aromatic nitrogens is 5. The number of H-pyrrole nitrogens is 1. The number of anilines is 3. The highest BCUT2D eigenvalue weighted by Gasteiger charge is 2.25. The Kier molecular flexibility index (Phi) is 6.36. The van der Waals surface area contributed by atoms with Gasteiger partial charge in [0.2, 0.25) is 5.95 Å². The summed E-state index contributed by atoms with van der Waals surface area (Å²) >= 11 is 0. The third kappa shape index (κ3) is 4.77. The topological polar surface area (TPSA) is 141 Å². The zero-order valence-corrected chi connectivity index (χ0v) is 21.0. The maximum Gasteiger partial charge on any atom is 0.268 e. The molecule has 1 aliphatic rings. The molecule has 0 unspecified atom stereocenters. The SMILES string of the molecule is Cc1ccc(S(=O)(=O)n2ccc3nc(N[C@H]4CC[C@H](CC#N)CC4)nc(Nc4cc(C)[nH]n4)c32)cc1. The maximum absolute atomic E-state index is 13.5. The number of nitriles is 1. The molecular weight excluding hydrogens is 476 g/mol. The predicted octanol–water partition coefficient (Wildman–Crippen LogP) is 4.64. The summed E-state index contributed by atoms with van der Waals surface area (Å²) in [4.78, 5) is 9.51. The highest BCUT2D eigenvalue weighted by molar-refractivity contribution is 7.90. The van der Waals surface area contributed by atoms with Gasteiger partial charge in [0.1, 0.15) is 5.52 Å². The molecule has 3 aromatic heterocycles. The summed E-state index contributed by atoms with van der Waals surface area (Å²) in [5, 5.41) is 22.7. The number of hydrogen-bond donors (Lipinski definition) is 3. The fraction of sp³-hybridized carbons (Fsp3) is 0.360. The second-order valence-electron chi connectivity index (χ2n) is 9.34. The first-order valence-electron chi connectivity index (χ1n) is 12.0. The number of nitrogens with zero attached hydrogens (tertiary/aromatic N) is 5. The minimum atomic E-state index is -3.88. The molecule has 0 radical (unpaired) electrons. The lowest BCUT2D eigenvalue weighted by molar-refractivity contribution is 0.342. The van der Waals surface area contributed by atoms with Crippen molar-refractivity contribution >= 4 is 38.6 Å². The Balaban J connectivity index is 1.53. The summed E-state index contributed by atoms with van der Waals surface area (Å²) in [5.41, 5.74) is 2.68. The largest absolute Gasteiger partial charge is 0.351 e. The van der Waals surface area contributed by atoms with Crippen LogP contribution in [0, 0.1) is 31.1 Å². The second kappa shape index (κ2) is 9.62. The number of aromatic amines is 1. The Hall–Kier alpha value is -3.91. The number of rotatable bonds is 7. The van der Waals surface area contributed by atoms with Crippen LogP contribution in [0.5, 0.6) is 0 Å². The van der Waals surface area contributed by atoms with Crippen LogP contribution in [-0.2, 0) is 10.0 Å². The fourth-order valence-electron chi connectivity index (χ4n) is 4.62. The van der Waals surface area contributed by atoms with Crippen molar-refractivity contribution in [1.82, 2.24) is 24.1 Å². The molecule has 11 heteroatoms. The molecule has 4 aromatic rings. The van der Waals surface area contributed by atoms with Crippen LogP contribution in [0.1, 0.15) is 43.4 Å². The molecule has 0 saturated heterocycles. The van der Waals surface area contributed by atoms with Gasteiger partial charge in [-0.25, -0.2) is 17.4 Å². The Labute approximate surface area is 209 Å². The highest BCUT2D eigenvalue weighted by Crippen LogP contribution is 2.31. The van der Waals surface area contributed by atoms with Gasteiger partial charge in [-0.1, -0.05) is 17.7 Å². The van der Waals surface area contributed by atoms with Gasteiger partial charge in [-0.2, -0.15) is 15.3 Å². The van der Waals surface area contributed by atoms with E-state index in [1.165, 1.54) is 10.2 Å². The molecular formula is C25H28N8O2S. The predicted molar refractivity (Wildman–Crippen MR) is 137 cm³/mol. The Bertz CT molecular complexity index is 1520. The van der Waals surface area contributed by atoms with Crippen LogP contribution >= 0.6 is 0 Å². The summed E-state index contributed by atoms with van der Waals surface area (Å²) in [7, 11) is -3.88. The van der Waals surface area contributed by atoms with Crippen molar-refractivity contribution < 1.29 is 8.42 Å². The molecule has 186 valence electrons. The number of benzene rings is 1. The first-order chi connectivity index (χ1) is 17.3. The average Bonchev–Trinajstić information content (AvgIpc) is 3.47. The number of hydrogen-bond acceptors (Lipinski definition) is 8. The number of nitrogens with one attached hydrogen (secondary N) is 3. The molecule has 0 aliphatic heterocycles. The molecule has 0 spiro atoms. The Morgan fingerprint density at radius 3 is 2.53 bits per heavy atom. The Morgan fingerprint density at radius 2 is 1.86 bits per heavy atom. The summed E-state index contributed by atoms with van der Waals surface area (Å²) in [6, 6.07) is 12.7. The summed E-state index contributed by atoms with van der Waals surface area (Å²) < 4.78 is 28.3. The number of fused-ring (bicyclic) bond motifs is 1. The van der Waals surface area contributed by atoms with E-state index in [2.05, 4.69) is 36.9 Å². The quantitative estimate of drug-likeness (QED) is 0.331. The molecule has 3 heterocycles. The van der Waals surface area contributed by atoms with E-state index in [-0.39, 0.29) is 10.9 Å². The highest BCUT2D eigenvalue weighted by atomic mass is 32.2. The van der Waals surface area contributed by atoms with E-state index >= 15 is 0 Å². The summed E-state index contributed by atoms with van der Waals surface area (Å²) in [6.45, 7) is 3.79. The van der Waals surface area contributed by atoms with Crippen LogP contribution in [0.4, 0.5) is 17.6 Å². The van der Waals surface area contributed by atoms with Crippen LogP contribution in [0.25, 0.3) is 11.0 Å². The van der Waals surface area contributed by atoms with Gasteiger partial charge in [0.25, 0.3) is 10.0 Å². The molecule has 0 bridgehead atoms. The van der Waals surface area contributed by atoms with E-state index in [1.807, 2.05) is 19.9 Å². The van der Waals surface area contributed by atoms with Gasteiger partial charge in [0, 0.05) is 30.4 Å². The molecule has 3 N–H and O–H groups in total. The molecule has 1 aromatic carbocycles. The van der Waals surface area contributed by atoms with Crippen molar-refractivity contribution in [3.8, 4) is 6.07 Å². The van der Waals surface area contributed by atoms with Gasteiger partial charge >= 0.3 is 0 Å². The van der Waals surface area contributed by atoms with Gasteiger partial charge in [-0.05, 0) is 63.6 Å². The van der Waals surface area contributed by atoms with Gasteiger partial charge in [0.15, 0.2) is 11.6 Å². The molecule has 1 aliphatic carbocycles. The van der Waals surface area contributed by atoms with Gasteiger partial charge in [0.05, 0.1) is 16.5 Å². The first-order valence-corrected chi connectivity index (χ1v) is 13.4. The Morgan fingerprint density at radius 1 is 1.11 bits per heavy atom. The molecule has 36 heavy (non-hydrogen) atoms. The van der Waals surface area contributed by atoms with Crippen LogP contribution < -0.4 is 10.6 Å². The van der Waals surface area contributed by atoms with E-state index in [1.54, 1.807) is 30.3 Å². The van der Waals surface area contributed by atoms with Crippen LogP contribution in [-0.4, -0.2) is 38.6 Å². The third-order valence-corrected chi connectivity index (χ3v) is 8.28. The van der Waals surface area contributed by atoms with Gasteiger partial charge in [-0.3, -0.25) is 5.10 Å². The van der Waals surface area contributed by atoms with Crippen molar-refractivity contribution in [3.63, 3.8) is 0 Å². The molecule has 10 nitrogen and oxygen atoms in total. The maximum atomic E-state index is 13.5. The zero-order valence-electron chi connectivity index (χ0n) is 20.2. The monoisotopic (exact) mass is 504 g/mol. The molecule has 5 rings (SSSR count). The van der Waals surface area contributed by atoms with Crippen LogP contribution in [0.15, 0.2) is 47.5 Å². The van der Waals surface area contributed by atoms with E-state index in [0.29, 0.717) is 41.0 Å². The van der Waals surface area contributed by atoms with Crippen molar-refractivity contribution in [2.45, 2.75) is 56.9 Å². The second-order valence-corrected chi connectivity index (χ2v) is 11.2. The van der Waals surface area contributed by atoms with Gasteiger partial charge in [-0.15, -0.1) is 0 Å². The lowest BCUT2D eigenvalue weighted by atomic mass is 9.84. The standard InChI is InChI=1S/C25H28N8O2S/c1-16-3-9-20(10-4-16)36(34,35)33-14-12-21-23(33)24(29-22-15-17(2)31-32-22)30-25(28-21)27-19-7-5-18(6-8-19)11-13-26/h3-4,9-10,12,14-15,18-19H,5-8,11H2,1-2H3,(H3,27,28,29,30,31,32)/t18-,19-. The summed E-state index contributed by atoms with van der Waals surface area (Å²) in [5.74, 6) is 1.73. The molecule has 1 fully saturated rings. The zero-order chi connectivity index (χ0) is 25.3. The van der Waals surface area contributed by atoms with E-state index in [0.717, 1.165) is 36.9 Å². The minimum Gasteiger partial charge on any atom is -0.351 e. The number of aryl methyl sites for hydroxylation is 2. The van der Waals surface area contributed by atoms with E-state index in [4.69, 9.17) is 5.26 Å². The molecule has 1 saturated carbocycles. The van der Waals surface area contributed by atoms with E-state index < -0.39 is 10.0 Å². The average molecular weight is 505 g/mol. The van der Waals surface area contributed by atoms with Crippen molar-refractivity contribution in [1.29, 1.82) is 5.26 Å². The molecule has 0 amide bonds.